The molecule has 0 atom stereocenters. The van der Waals surface area contributed by atoms with Crippen LogP contribution in [-0.4, -0.2) is 23.0 Å². The number of esters is 1. The van der Waals surface area contributed by atoms with Crippen molar-refractivity contribution < 1.29 is 9.53 Å². The molecule has 5 nitrogen and oxygen atoms in total. The van der Waals surface area contributed by atoms with Crippen molar-refractivity contribution in [1.29, 1.82) is 0 Å². The average molecular weight is 265 g/mol. The average Bonchev–Trinajstić information content (AvgIpc) is 2.98. The first kappa shape index (κ1) is 12.8. The van der Waals surface area contributed by atoms with Gasteiger partial charge in [-0.2, -0.15) is 0 Å². The number of nitrogens with one attached hydrogen (secondary N) is 2. The minimum atomic E-state index is -0.348. The van der Waals surface area contributed by atoms with Crippen molar-refractivity contribution in [2.45, 2.75) is 20.0 Å². The van der Waals surface area contributed by atoms with Crippen LogP contribution in [0.15, 0.2) is 18.3 Å². The first-order valence-electron chi connectivity index (χ1n) is 5.57. The fraction of sp³-hybridized carbons (Fsp3) is 0.333. The minimum Gasteiger partial charge on any atom is -0.464 e. The Morgan fingerprint density at radius 2 is 2.33 bits per heavy atom. The van der Waals surface area contributed by atoms with E-state index in [1.165, 1.54) is 12.0 Å². The van der Waals surface area contributed by atoms with Crippen LogP contribution in [0.5, 0.6) is 0 Å². The number of hydrogen-bond donors (Lipinski definition) is 2. The maximum Gasteiger partial charge on any atom is 0.354 e. The molecule has 0 fully saturated rings. The second-order valence-corrected chi connectivity index (χ2v) is 5.16. The molecule has 18 heavy (non-hydrogen) atoms. The number of carbonyl (C=O) groups excluding carboxylic acids is 1. The molecular weight excluding hydrogens is 250 g/mol. The predicted molar refractivity (Wildman–Crippen MR) is 69.5 cm³/mol. The summed E-state index contributed by atoms with van der Waals surface area (Å²) in [4.78, 5) is 19.6. The van der Waals surface area contributed by atoms with Crippen molar-refractivity contribution in [2.75, 3.05) is 7.11 Å². The summed E-state index contributed by atoms with van der Waals surface area (Å²) >= 11 is 1.68. The third-order valence-electron chi connectivity index (χ3n) is 2.44. The lowest BCUT2D eigenvalue weighted by atomic mass is 10.4. The highest BCUT2D eigenvalue weighted by Crippen LogP contribution is 2.11. The van der Waals surface area contributed by atoms with Gasteiger partial charge in [-0.1, -0.05) is 0 Å². The van der Waals surface area contributed by atoms with Crippen molar-refractivity contribution >= 4 is 17.3 Å². The van der Waals surface area contributed by atoms with E-state index in [0.29, 0.717) is 12.2 Å². The Morgan fingerprint density at radius 1 is 1.50 bits per heavy atom. The number of rotatable bonds is 5. The summed E-state index contributed by atoms with van der Waals surface area (Å²) in [7, 11) is 1.37. The summed E-state index contributed by atoms with van der Waals surface area (Å²) in [5.74, 6) is -0.348. The van der Waals surface area contributed by atoms with E-state index in [0.717, 1.165) is 17.2 Å². The van der Waals surface area contributed by atoms with E-state index in [1.807, 2.05) is 19.2 Å². The molecular formula is C12H15N3O2S. The zero-order chi connectivity index (χ0) is 13.0. The van der Waals surface area contributed by atoms with Crippen molar-refractivity contribution in [3.63, 3.8) is 0 Å². The van der Waals surface area contributed by atoms with Gasteiger partial charge >= 0.3 is 5.97 Å². The van der Waals surface area contributed by atoms with Gasteiger partial charge in [0.25, 0.3) is 0 Å². The van der Waals surface area contributed by atoms with Crippen LogP contribution < -0.4 is 5.32 Å². The number of carbonyl (C=O) groups is 1. The van der Waals surface area contributed by atoms with E-state index in [1.54, 1.807) is 17.4 Å². The van der Waals surface area contributed by atoms with Crippen LogP contribution in [0.3, 0.4) is 0 Å². The van der Waals surface area contributed by atoms with Gasteiger partial charge in [-0.15, -0.1) is 11.3 Å². The number of aryl methyl sites for hydroxylation is 1. The van der Waals surface area contributed by atoms with Crippen molar-refractivity contribution in [2.24, 2.45) is 0 Å². The van der Waals surface area contributed by atoms with Crippen molar-refractivity contribution in [3.8, 4) is 0 Å². The fourth-order valence-corrected chi connectivity index (χ4v) is 2.34. The molecule has 0 spiro atoms. The van der Waals surface area contributed by atoms with Gasteiger partial charge in [0.15, 0.2) is 0 Å². The van der Waals surface area contributed by atoms with E-state index in [2.05, 4.69) is 20.0 Å². The standard InChI is InChI=1S/C12H15N3O2S/c1-8-14-7-10(18-8)6-13-5-9-3-4-11(15-9)12(16)17-2/h3-4,7,13,15H,5-6H2,1-2H3. The Labute approximate surface area is 109 Å². The van der Waals surface area contributed by atoms with E-state index in [4.69, 9.17) is 0 Å². The molecule has 2 aromatic heterocycles. The highest BCUT2D eigenvalue weighted by molar-refractivity contribution is 7.11. The zero-order valence-corrected chi connectivity index (χ0v) is 11.1. The van der Waals surface area contributed by atoms with Crippen LogP contribution >= 0.6 is 11.3 Å². The van der Waals surface area contributed by atoms with Gasteiger partial charge in [-0.3, -0.25) is 0 Å². The van der Waals surface area contributed by atoms with Crippen LogP contribution in [0.25, 0.3) is 0 Å². The highest BCUT2D eigenvalue weighted by Gasteiger charge is 2.07. The number of H-pyrrole nitrogens is 1. The summed E-state index contributed by atoms with van der Waals surface area (Å²) < 4.78 is 4.63. The number of ether oxygens (including phenoxy) is 1. The molecule has 0 aliphatic carbocycles. The largest absolute Gasteiger partial charge is 0.464 e. The molecule has 0 saturated carbocycles. The maximum atomic E-state index is 11.2. The minimum absolute atomic E-state index is 0.348. The lowest BCUT2D eigenvalue weighted by Crippen LogP contribution is -2.12. The zero-order valence-electron chi connectivity index (χ0n) is 10.3. The first-order chi connectivity index (χ1) is 8.69. The van der Waals surface area contributed by atoms with E-state index < -0.39 is 0 Å². The monoisotopic (exact) mass is 265 g/mol. The van der Waals surface area contributed by atoms with Gasteiger partial charge in [-0.25, -0.2) is 9.78 Å². The lowest BCUT2D eigenvalue weighted by Gasteiger charge is -2.00. The van der Waals surface area contributed by atoms with Crippen molar-refractivity contribution in [3.05, 3.63) is 39.6 Å². The molecule has 6 heteroatoms. The molecule has 0 amide bonds. The van der Waals surface area contributed by atoms with E-state index in [9.17, 15) is 4.79 Å². The predicted octanol–water partition coefficient (Wildman–Crippen LogP) is 1.86. The van der Waals surface area contributed by atoms with Crippen LogP contribution in [0.4, 0.5) is 0 Å². The second-order valence-electron chi connectivity index (χ2n) is 3.84. The molecule has 0 bridgehead atoms. The van der Waals surface area contributed by atoms with Gasteiger partial charge in [0, 0.05) is 29.9 Å². The molecule has 2 aromatic rings. The summed E-state index contributed by atoms with van der Waals surface area (Å²) in [6.45, 7) is 3.44. The Balaban J connectivity index is 1.83. The van der Waals surface area contributed by atoms with Gasteiger partial charge < -0.3 is 15.0 Å². The third-order valence-corrected chi connectivity index (χ3v) is 3.35. The first-order valence-corrected chi connectivity index (χ1v) is 6.39. The Hall–Kier alpha value is -1.66. The normalized spacial score (nSPS) is 10.6. The van der Waals surface area contributed by atoms with Gasteiger partial charge in [0.2, 0.25) is 0 Å². The van der Waals surface area contributed by atoms with Gasteiger partial charge in [0.05, 0.1) is 12.1 Å². The Kier molecular flexibility index (Phi) is 4.11. The molecule has 0 aliphatic heterocycles. The third kappa shape index (κ3) is 3.18. The van der Waals surface area contributed by atoms with E-state index in [-0.39, 0.29) is 5.97 Å². The molecule has 0 unspecified atom stereocenters. The van der Waals surface area contributed by atoms with Gasteiger partial charge in [0.1, 0.15) is 5.69 Å². The summed E-state index contributed by atoms with van der Waals surface area (Å²) in [6.07, 6.45) is 1.88. The van der Waals surface area contributed by atoms with Crippen LogP contribution in [0.1, 0.15) is 26.1 Å². The van der Waals surface area contributed by atoms with Crippen LogP contribution in [0, 0.1) is 6.92 Å². The number of aromatic nitrogens is 2. The molecule has 2 N–H and O–H groups in total. The maximum absolute atomic E-state index is 11.2. The second kappa shape index (κ2) is 5.79. The fourth-order valence-electron chi connectivity index (χ4n) is 1.58. The molecule has 0 aromatic carbocycles. The molecule has 0 aliphatic rings. The number of methoxy groups -OCH3 is 1. The summed E-state index contributed by atoms with van der Waals surface area (Å²) in [5.41, 5.74) is 1.43. The molecule has 2 rings (SSSR count). The number of hydrogen-bond acceptors (Lipinski definition) is 5. The summed E-state index contributed by atoms with van der Waals surface area (Å²) in [6, 6.07) is 3.59. The lowest BCUT2D eigenvalue weighted by molar-refractivity contribution is 0.0594. The van der Waals surface area contributed by atoms with Crippen molar-refractivity contribution in [1.82, 2.24) is 15.3 Å². The van der Waals surface area contributed by atoms with Crippen LogP contribution in [0.2, 0.25) is 0 Å². The molecule has 0 radical (unpaired) electrons. The quantitative estimate of drug-likeness (QED) is 0.810. The molecule has 2 heterocycles. The van der Waals surface area contributed by atoms with E-state index >= 15 is 0 Å². The topological polar surface area (TPSA) is 67.0 Å². The summed E-state index contributed by atoms with van der Waals surface area (Å²) in [5, 5.41) is 4.36. The highest BCUT2D eigenvalue weighted by atomic mass is 32.1. The smallest absolute Gasteiger partial charge is 0.354 e. The molecule has 96 valence electrons. The molecule has 0 saturated heterocycles. The number of nitrogens with zero attached hydrogens (tertiary/aromatic N) is 1. The Bertz CT molecular complexity index is 533. The SMILES string of the molecule is COC(=O)c1ccc(CNCc2cnc(C)s2)[nH]1. The number of aromatic amines is 1. The van der Waals surface area contributed by atoms with Gasteiger partial charge in [-0.05, 0) is 19.1 Å². The Morgan fingerprint density at radius 3 is 3.00 bits per heavy atom. The number of thiazole rings is 1. The van der Waals surface area contributed by atoms with Crippen LogP contribution in [-0.2, 0) is 17.8 Å².